The molecule has 0 aliphatic carbocycles. The Morgan fingerprint density at radius 2 is 1.36 bits per heavy atom. The van der Waals surface area contributed by atoms with Crippen LogP contribution in [0, 0.1) is 0 Å². The molecule has 0 spiro atoms. The van der Waals surface area contributed by atoms with Gasteiger partial charge in [-0.25, -0.2) is 0 Å². The van der Waals surface area contributed by atoms with Crippen molar-refractivity contribution < 1.29 is 14.4 Å². The van der Waals surface area contributed by atoms with Gasteiger partial charge in [0.1, 0.15) is 6.04 Å². The summed E-state index contributed by atoms with van der Waals surface area (Å²) in [5, 5.41) is 8.51. The van der Waals surface area contributed by atoms with Crippen LogP contribution in [0.1, 0.15) is 77.6 Å². The highest BCUT2D eigenvalue weighted by Gasteiger charge is 2.19. The van der Waals surface area contributed by atoms with Crippen molar-refractivity contribution in [1.29, 1.82) is 0 Å². The Kier molecular flexibility index (Phi) is 17.6. The van der Waals surface area contributed by atoms with E-state index in [9.17, 15) is 14.4 Å². The highest BCUT2D eigenvalue weighted by molar-refractivity contribution is 5.87. The number of hydrogen-bond acceptors (Lipinski definition) is 5. The molecule has 28 heavy (non-hydrogen) atoms. The molecule has 0 saturated heterocycles. The third-order valence-electron chi connectivity index (χ3n) is 4.46. The molecule has 0 bridgehead atoms. The van der Waals surface area contributed by atoms with Gasteiger partial charge in [-0.15, -0.1) is 0 Å². The summed E-state index contributed by atoms with van der Waals surface area (Å²) in [6.07, 6.45) is 8.43. The van der Waals surface area contributed by atoms with Crippen LogP contribution in [-0.4, -0.2) is 49.9 Å². The molecule has 0 aromatic rings. The summed E-state index contributed by atoms with van der Waals surface area (Å²) in [5.74, 6) is -0.191. The van der Waals surface area contributed by atoms with Crippen LogP contribution in [0.5, 0.6) is 0 Å². The van der Waals surface area contributed by atoms with Crippen LogP contribution in [0.25, 0.3) is 0 Å². The number of amides is 3. The van der Waals surface area contributed by atoms with Crippen LogP contribution in [-0.2, 0) is 14.4 Å². The number of carbonyl (C=O) groups is 3. The molecule has 8 heteroatoms. The predicted molar refractivity (Wildman–Crippen MR) is 113 cm³/mol. The summed E-state index contributed by atoms with van der Waals surface area (Å²) >= 11 is 0. The Bertz CT molecular complexity index is 432. The van der Waals surface area contributed by atoms with Gasteiger partial charge < -0.3 is 27.4 Å². The summed E-state index contributed by atoms with van der Waals surface area (Å²) < 4.78 is 0. The maximum Gasteiger partial charge on any atom is 0.242 e. The van der Waals surface area contributed by atoms with Gasteiger partial charge in [-0.05, 0) is 65.0 Å². The van der Waals surface area contributed by atoms with Crippen LogP contribution in [0.2, 0.25) is 0 Å². The Morgan fingerprint density at radius 3 is 1.93 bits per heavy atom. The van der Waals surface area contributed by atoms with E-state index in [4.69, 9.17) is 11.5 Å². The standard InChI is InChI=1S/C20H41N5O3/c1-2-23-20(28)17(25-19(27)13-6-4-9-15-22)11-7-10-16-24-18(26)12-5-3-8-14-21/h17H,2-16,21-22H2,1H3,(H,23,28)(H,24,26)(H,25,27). The molecule has 0 rings (SSSR count). The second kappa shape index (κ2) is 18.7. The molecule has 3 amide bonds. The zero-order valence-corrected chi connectivity index (χ0v) is 17.6. The van der Waals surface area contributed by atoms with E-state index in [1.54, 1.807) is 0 Å². The van der Waals surface area contributed by atoms with E-state index in [0.717, 1.165) is 51.4 Å². The first kappa shape index (κ1) is 26.3. The van der Waals surface area contributed by atoms with E-state index < -0.39 is 6.04 Å². The molecule has 0 aromatic carbocycles. The molecule has 0 heterocycles. The van der Waals surface area contributed by atoms with Gasteiger partial charge in [0.2, 0.25) is 17.7 Å². The van der Waals surface area contributed by atoms with Gasteiger partial charge in [-0.2, -0.15) is 0 Å². The first-order chi connectivity index (χ1) is 13.5. The average Bonchev–Trinajstić information content (AvgIpc) is 2.67. The molecule has 0 saturated carbocycles. The van der Waals surface area contributed by atoms with Crippen LogP contribution in [0.4, 0.5) is 0 Å². The average molecular weight is 400 g/mol. The highest BCUT2D eigenvalue weighted by Crippen LogP contribution is 2.04. The van der Waals surface area contributed by atoms with Crippen LogP contribution >= 0.6 is 0 Å². The van der Waals surface area contributed by atoms with E-state index >= 15 is 0 Å². The number of rotatable bonds is 18. The molecular formula is C20H41N5O3. The Labute approximate surface area is 169 Å². The summed E-state index contributed by atoms with van der Waals surface area (Å²) in [7, 11) is 0. The van der Waals surface area contributed by atoms with E-state index in [2.05, 4.69) is 16.0 Å². The fraction of sp³-hybridized carbons (Fsp3) is 0.850. The minimum Gasteiger partial charge on any atom is -0.356 e. The number of nitrogens with two attached hydrogens (primary N) is 2. The largest absolute Gasteiger partial charge is 0.356 e. The molecule has 0 fully saturated rings. The Morgan fingerprint density at radius 1 is 0.750 bits per heavy atom. The molecule has 1 atom stereocenters. The summed E-state index contributed by atoms with van der Waals surface area (Å²) in [6.45, 7) is 4.27. The lowest BCUT2D eigenvalue weighted by atomic mass is 10.1. The third-order valence-corrected chi connectivity index (χ3v) is 4.46. The summed E-state index contributed by atoms with van der Waals surface area (Å²) in [6, 6.07) is -0.520. The SMILES string of the molecule is CCNC(=O)C(CCCCNC(=O)CCCCCN)NC(=O)CCCCCN. The van der Waals surface area contributed by atoms with Crippen LogP contribution in [0.3, 0.4) is 0 Å². The lowest BCUT2D eigenvalue weighted by Crippen LogP contribution is -2.46. The van der Waals surface area contributed by atoms with Gasteiger partial charge >= 0.3 is 0 Å². The molecule has 0 aromatic heterocycles. The topological polar surface area (TPSA) is 139 Å². The molecule has 1 unspecified atom stereocenters. The quantitative estimate of drug-likeness (QED) is 0.218. The van der Waals surface area contributed by atoms with E-state index in [0.29, 0.717) is 45.4 Å². The Hall–Kier alpha value is -1.67. The third kappa shape index (κ3) is 15.4. The normalized spacial score (nSPS) is 11.7. The molecule has 8 nitrogen and oxygen atoms in total. The van der Waals surface area contributed by atoms with Crippen molar-refractivity contribution in [2.24, 2.45) is 11.5 Å². The first-order valence-electron chi connectivity index (χ1n) is 10.8. The van der Waals surface area contributed by atoms with E-state index in [-0.39, 0.29) is 17.7 Å². The molecule has 164 valence electrons. The predicted octanol–water partition coefficient (Wildman–Crippen LogP) is 0.932. The second-order valence-corrected chi connectivity index (χ2v) is 7.06. The van der Waals surface area contributed by atoms with Crippen molar-refractivity contribution >= 4 is 17.7 Å². The van der Waals surface area contributed by atoms with Crippen molar-refractivity contribution in [3.8, 4) is 0 Å². The number of hydrogen-bond donors (Lipinski definition) is 5. The number of unbranched alkanes of at least 4 members (excludes halogenated alkanes) is 5. The zero-order chi connectivity index (χ0) is 21.0. The lowest BCUT2D eigenvalue weighted by Gasteiger charge is -2.18. The molecule has 0 aliphatic heterocycles. The summed E-state index contributed by atoms with van der Waals surface area (Å²) in [4.78, 5) is 36.0. The number of nitrogens with one attached hydrogen (secondary N) is 3. The fourth-order valence-electron chi connectivity index (χ4n) is 2.84. The zero-order valence-electron chi connectivity index (χ0n) is 17.6. The van der Waals surface area contributed by atoms with E-state index in [1.807, 2.05) is 6.92 Å². The monoisotopic (exact) mass is 399 g/mol. The smallest absolute Gasteiger partial charge is 0.242 e. The fourth-order valence-corrected chi connectivity index (χ4v) is 2.84. The van der Waals surface area contributed by atoms with Crippen molar-refractivity contribution in [2.45, 2.75) is 83.6 Å². The minimum absolute atomic E-state index is 0.0584. The second-order valence-electron chi connectivity index (χ2n) is 7.06. The minimum atomic E-state index is -0.520. The van der Waals surface area contributed by atoms with Gasteiger partial charge in [-0.1, -0.05) is 12.8 Å². The van der Waals surface area contributed by atoms with Gasteiger partial charge in [0, 0.05) is 25.9 Å². The molecule has 0 aliphatic rings. The van der Waals surface area contributed by atoms with Crippen molar-refractivity contribution in [3.05, 3.63) is 0 Å². The van der Waals surface area contributed by atoms with Crippen LogP contribution in [0.15, 0.2) is 0 Å². The Balaban J connectivity index is 4.06. The number of likely N-dealkylation sites (N-methyl/N-ethyl adjacent to an activating group) is 1. The maximum absolute atomic E-state index is 12.2. The molecule has 7 N–H and O–H groups in total. The molecular weight excluding hydrogens is 358 g/mol. The van der Waals surface area contributed by atoms with E-state index in [1.165, 1.54) is 0 Å². The van der Waals surface area contributed by atoms with Gasteiger partial charge in [0.25, 0.3) is 0 Å². The van der Waals surface area contributed by atoms with Gasteiger partial charge in [-0.3, -0.25) is 14.4 Å². The molecule has 0 radical (unpaired) electrons. The van der Waals surface area contributed by atoms with Gasteiger partial charge in [0.15, 0.2) is 0 Å². The van der Waals surface area contributed by atoms with Gasteiger partial charge in [0.05, 0.1) is 0 Å². The first-order valence-corrected chi connectivity index (χ1v) is 10.8. The van der Waals surface area contributed by atoms with Crippen molar-refractivity contribution in [2.75, 3.05) is 26.2 Å². The maximum atomic E-state index is 12.2. The highest BCUT2D eigenvalue weighted by atomic mass is 16.2. The van der Waals surface area contributed by atoms with Crippen molar-refractivity contribution in [3.63, 3.8) is 0 Å². The van der Waals surface area contributed by atoms with Crippen LogP contribution < -0.4 is 27.4 Å². The number of carbonyl (C=O) groups excluding carboxylic acids is 3. The van der Waals surface area contributed by atoms with Crippen molar-refractivity contribution in [1.82, 2.24) is 16.0 Å². The lowest BCUT2D eigenvalue weighted by molar-refractivity contribution is -0.129. The summed E-state index contributed by atoms with van der Waals surface area (Å²) in [5.41, 5.74) is 10.9.